The van der Waals surface area contributed by atoms with Gasteiger partial charge in [0.15, 0.2) is 0 Å². The minimum atomic E-state index is 0.0675. The zero-order valence-electron chi connectivity index (χ0n) is 15.3. The van der Waals surface area contributed by atoms with Gasteiger partial charge in [0.05, 0.1) is 0 Å². The predicted octanol–water partition coefficient (Wildman–Crippen LogP) is 3.81. The van der Waals surface area contributed by atoms with E-state index in [4.69, 9.17) is 4.74 Å². The molecule has 7 nitrogen and oxygen atoms in total. The number of rotatable bonds is 6. The van der Waals surface area contributed by atoms with Gasteiger partial charge in [-0.05, 0) is 56.9 Å². The lowest BCUT2D eigenvalue weighted by atomic mass is 10.2. The molecule has 3 aromatic rings. The summed E-state index contributed by atoms with van der Waals surface area (Å²) in [6.45, 7) is 3.73. The number of nitrogens with zero attached hydrogens (tertiary/aromatic N) is 4. The van der Waals surface area contributed by atoms with Crippen LogP contribution < -0.4 is 10.1 Å². The fourth-order valence-electron chi connectivity index (χ4n) is 2.84. The Labute approximate surface area is 157 Å². The number of carbonyl (C=O) groups excluding carboxylic acids is 1. The van der Waals surface area contributed by atoms with Gasteiger partial charge in [0, 0.05) is 30.6 Å². The van der Waals surface area contributed by atoms with Gasteiger partial charge in [0.2, 0.25) is 11.8 Å². The normalized spacial score (nSPS) is 13.4. The molecule has 27 heavy (non-hydrogen) atoms. The number of hydrogen-bond donors (Lipinski definition) is 1. The lowest BCUT2D eigenvalue weighted by molar-refractivity contribution is -0.116. The lowest BCUT2D eigenvalue weighted by Gasteiger charge is -2.10. The molecule has 0 unspecified atom stereocenters. The maximum absolute atomic E-state index is 11.9. The lowest BCUT2D eigenvalue weighted by Crippen LogP contribution is -2.11. The molecule has 0 atom stereocenters. The van der Waals surface area contributed by atoms with E-state index < -0.39 is 0 Å². The van der Waals surface area contributed by atoms with Gasteiger partial charge in [0.25, 0.3) is 0 Å². The van der Waals surface area contributed by atoms with E-state index in [1.807, 2.05) is 48.9 Å². The van der Waals surface area contributed by atoms with Crippen molar-refractivity contribution in [3.05, 3.63) is 54.4 Å². The third kappa shape index (κ3) is 4.31. The Morgan fingerprint density at radius 3 is 2.67 bits per heavy atom. The average Bonchev–Trinajstić information content (AvgIpc) is 3.33. The number of aromatic nitrogens is 4. The molecule has 1 amide bonds. The molecule has 2 aromatic heterocycles. The van der Waals surface area contributed by atoms with Crippen molar-refractivity contribution < 1.29 is 9.53 Å². The fraction of sp³-hybridized carbons (Fsp3) is 0.300. The summed E-state index contributed by atoms with van der Waals surface area (Å²) in [5.41, 5.74) is 0.765. The summed E-state index contributed by atoms with van der Waals surface area (Å²) in [4.78, 5) is 24.9. The number of ether oxygens (including phenoxy) is 1. The number of aryl methyl sites for hydroxylation is 2. The smallest absolute Gasteiger partial charge is 0.224 e. The van der Waals surface area contributed by atoms with Gasteiger partial charge >= 0.3 is 0 Å². The Balaban J connectivity index is 1.46. The Hall–Kier alpha value is -3.22. The molecule has 2 heterocycles. The van der Waals surface area contributed by atoms with E-state index in [-0.39, 0.29) is 5.91 Å². The van der Waals surface area contributed by atoms with Crippen molar-refractivity contribution in [1.29, 1.82) is 0 Å². The van der Waals surface area contributed by atoms with E-state index in [0.29, 0.717) is 35.6 Å². The van der Waals surface area contributed by atoms with Gasteiger partial charge < -0.3 is 10.1 Å². The quantitative estimate of drug-likeness (QED) is 0.720. The van der Waals surface area contributed by atoms with E-state index in [0.717, 1.165) is 11.5 Å². The second-order valence-corrected chi connectivity index (χ2v) is 6.78. The summed E-state index contributed by atoms with van der Waals surface area (Å²) in [6, 6.07) is 9.05. The van der Waals surface area contributed by atoms with Gasteiger partial charge in [-0.25, -0.2) is 9.97 Å². The van der Waals surface area contributed by atoms with Crippen LogP contribution in [0.25, 0.3) is 5.82 Å². The highest BCUT2D eigenvalue weighted by Gasteiger charge is 2.24. The molecule has 4 rings (SSSR count). The maximum Gasteiger partial charge on any atom is 0.224 e. The number of imidazole rings is 1. The zero-order valence-corrected chi connectivity index (χ0v) is 15.3. The van der Waals surface area contributed by atoms with Crippen LogP contribution in [0.5, 0.6) is 11.6 Å². The minimum Gasteiger partial charge on any atom is -0.439 e. The van der Waals surface area contributed by atoms with Crippen molar-refractivity contribution in [3.8, 4) is 17.4 Å². The van der Waals surface area contributed by atoms with Gasteiger partial charge in [0.1, 0.15) is 23.2 Å². The summed E-state index contributed by atoms with van der Waals surface area (Å²) < 4.78 is 7.75. The zero-order chi connectivity index (χ0) is 18.8. The molecule has 0 bridgehead atoms. The number of benzene rings is 1. The van der Waals surface area contributed by atoms with Crippen LogP contribution in [-0.4, -0.2) is 25.4 Å². The highest BCUT2D eigenvalue weighted by atomic mass is 16.5. The van der Waals surface area contributed by atoms with Gasteiger partial charge in [-0.15, -0.1) is 0 Å². The average molecular weight is 363 g/mol. The van der Waals surface area contributed by atoms with Crippen LogP contribution in [0.3, 0.4) is 0 Å². The first-order chi connectivity index (χ1) is 13.1. The van der Waals surface area contributed by atoms with E-state index in [2.05, 4.69) is 20.3 Å². The van der Waals surface area contributed by atoms with Crippen molar-refractivity contribution in [3.63, 3.8) is 0 Å². The molecule has 1 N–H and O–H groups in total. The molecule has 0 radical (unpaired) electrons. The molecular weight excluding hydrogens is 342 g/mol. The summed E-state index contributed by atoms with van der Waals surface area (Å²) in [5, 5.41) is 2.92. The van der Waals surface area contributed by atoms with Crippen molar-refractivity contribution in [2.75, 3.05) is 5.32 Å². The van der Waals surface area contributed by atoms with E-state index >= 15 is 0 Å². The number of nitrogens with one attached hydrogen (secondary N) is 1. The first kappa shape index (κ1) is 17.2. The van der Waals surface area contributed by atoms with E-state index in [1.165, 1.54) is 12.8 Å². The number of carbonyl (C=O) groups is 1. The molecule has 1 aromatic carbocycles. The van der Waals surface area contributed by atoms with Crippen LogP contribution in [0, 0.1) is 19.8 Å². The molecule has 1 fully saturated rings. The summed E-state index contributed by atoms with van der Waals surface area (Å²) in [6.07, 6.45) is 6.51. The topological polar surface area (TPSA) is 81.9 Å². The minimum absolute atomic E-state index is 0.0675. The molecule has 1 aliphatic rings. The Morgan fingerprint density at radius 2 is 2.00 bits per heavy atom. The third-order valence-corrected chi connectivity index (χ3v) is 4.40. The Kier molecular flexibility index (Phi) is 4.58. The Bertz CT molecular complexity index is 961. The van der Waals surface area contributed by atoms with Crippen molar-refractivity contribution >= 4 is 11.6 Å². The van der Waals surface area contributed by atoms with E-state index in [9.17, 15) is 4.79 Å². The third-order valence-electron chi connectivity index (χ3n) is 4.40. The first-order valence-electron chi connectivity index (χ1n) is 9.00. The molecule has 0 aliphatic heterocycles. The number of anilines is 1. The van der Waals surface area contributed by atoms with Crippen molar-refractivity contribution in [1.82, 2.24) is 19.5 Å². The van der Waals surface area contributed by atoms with Crippen molar-refractivity contribution in [2.24, 2.45) is 5.92 Å². The summed E-state index contributed by atoms with van der Waals surface area (Å²) in [7, 11) is 0. The van der Waals surface area contributed by atoms with Gasteiger partial charge in [-0.3, -0.25) is 9.36 Å². The molecule has 1 saturated carbocycles. The van der Waals surface area contributed by atoms with Crippen LogP contribution in [-0.2, 0) is 4.79 Å². The number of amides is 1. The van der Waals surface area contributed by atoms with Crippen molar-refractivity contribution in [2.45, 2.75) is 33.1 Å². The summed E-state index contributed by atoms with van der Waals surface area (Å²) >= 11 is 0. The number of hydrogen-bond acceptors (Lipinski definition) is 5. The fourth-order valence-corrected chi connectivity index (χ4v) is 2.84. The molecule has 1 aliphatic carbocycles. The SMILES string of the molecule is Cc1nc(Oc2ccc(NC(=O)CC3CC3)cc2)cc(-n2ccnc2C)n1. The van der Waals surface area contributed by atoms with E-state index in [1.54, 1.807) is 12.3 Å². The highest BCUT2D eigenvalue weighted by molar-refractivity contribution is 5.91. The van der Waals surface area contributed by atoms with Crippen LogP contribution in [0.4, 0.5) is 5.69 Å². The molecular formula is C20H21N5O2. The van der Waals surface area contributed by atoms with Crippen LogP contribution in [0.2, 0.25) is 0 Å². The molecule has 138 valence electrons. The highest BCUT2D eigenvalue weighted by Crippen LogP contribution is 2.32. The first-order valence-corrected chi connectivity index (χ1v) is 9.00. The second kappa shape index (κ2) is 7.19. The second-order valence-electron chi connectivity index (χ2n) is 6.78. The maximum atomic E-state index is 11.9. The summed E-state index contributed by atoms with van der Waals surface area (Å²) in [5.74, 6) is 3.89. The standard InChI is InChI=1S/C20H21N5O2/c1-13-22-18(25-10-9-21-14(25)2)12-20(23-13)27-17-7-5-16(6-8-17)24-19(26)11-15-3-4-15/h5-10,12,15H,3-4,11H2,1-2H3,(H,24,26). The predicted molar refractivity (Wildman–Crippen MR) is 101 cm³/mol. The largest absolute Gasteiger partial charge is 0.439 e. The molecule has 7 heteroatoms. The van der Waals surface area contributed by atoms with Gasteiger partial charge in [-0.2, -0.15) is 4.98 Å². The van der Waals surface area contributed by atoms with Crippen LogP contribution in [0.15, 0.2) is 42.7 Å². The van der Waals surface area contributed by atoms with Crippen LogP contribution in [0.1, 0.15) is 30.9 Å². The Morgan fingerprint density at radius 1 is 1.22 bits per heavy atom. The van der Waals surface area contributed by atoms with Crippen LogP contribution >= 0.6 is 0 Å². The molecule has 0 saturated heterocycles. The molecule has 0 spiro atoms. The van der Waals surface area contributed by atoms with Gasteiger partial charge in [-0.1, -0.05) is 0 Å². The monoisotopic (exact) mass is 363 g/mol.